The van der Waals surface area contributed by atoms with Crippen LogP contribution in [0.25, 0.3) is 0 Å². The Balaban J connectivity index is 2.21. The number of fused-ring (bicyclic) bond motifs is 1. The van der Waals surface area contributed by atoms with Crippen LogP contribution in [0, 0.1) is 18.3 Å². The van der Waals surface area contributed by atoms with Gasteiger partial charge in [-0.3, -0.25) is 5.10 Å². The number of H-pyrrole nitrogens is 1. The van der Waals surface area contributed by atoms with Crippen LogP contribution in [0.3, 0.4) is 0 Å². The van der Waals surface area contributed by atoms with E-state index in [0.29, 0.717) is 33.8 Å². The van der Waals surface area contributed by atoms with Gasteiger partial charge in [0.25, 0.3) is 0 Å². The van der Waals surface area contributed by atoms with Gasteiger partial charge in [0.1, 0.15) is 11.6 Å². The Kier molecular flexibility index (Phi) is 4.31. The summed E-state index contributed by atoms with van der Waals surface area (Å²) in [4.78, 5) is 0. The maximum Gasteiger partial charge on any atom is 0.244 e. The highest BCUT2D eigenvalue weighted by molar-refractivity contribution is 6.37. The summed E-state index contributed by atoms with van der Waals surface area (Å²) in [5.41, 5.74) is 8.38. The van der Waals surface area contributed by atoms with Crippen molar-refractivity contribution in [3.05, 3.63) is 50.5 Å². The third-order valence-electron chi connectivity index (χ3n) is 3.77. The number of halogens is 2. The molecule has 1 aromatic heterocycles. The Morgan fingerprint density at radius 1 is 1.42 bits per heavy atom. The molecule has 2 heterocycles. The van der Waals surface area contributed by atoms with Crippen LogP contribution in [-0.2, 0) is 0 Å². The fourth-order valence-corrected chi connectivity index (χ4v) is 3.37. The lowest BCUT2D eigenvalue weighted by molar-refractivity contribution is 0.340. The van der Waals surface area contributed by atoms with Crippen LogP contribution in [0.5, 0.6) is 11.6 Å². The summed E-state index contributed by atoms with van der Waals surface area (Å²) >= 11 is 12.6. The molecule has 0 spiro atoms. The van der Waals surface area contributed by atoms with E-state index in [9.17, 15) is 5.26 Å². The SMILES string of the molecule is CCOc1c(Cl)cc([C@@H]2C(C#N)=C(N)Oc3n[nH]c(C)c32)cc1Cl. The van der Waals surface area contributed by atoms with Crippen LogP contribution in [0.1, 0.15) is 29.7 Å². The summed E-state index contributed by atoms with van der Waals surface area (Å²) in [5.74, 6) is 0.303. The molecule has 0 unspecified atom stereocenters. The van der Waals surface area contributed by atoms with E-state index in [1.54, 1.807) is 12.1 Å². The van der Waals surface area contributed by atoms with Crippen molar-refractivity contribution in [1.29, 1.82) is 5.26 Å². The highest BCUT2D eigenvalue weighted by Crippen LogP contribution is 2.45. The van der Waals surface area contributed by atoms with Gasteiger partial charge in [-0.25, -0.2) is 0 Å². The molecule has 0 amide bonds. The number of nitriles is 1. The fraction of sp³-hybridized carbons (Fsp3) is 0.250. The lowest BCUT2D eigenvalue weighted by Gasteiger charge is -2.24. The quantitative estimate of drug-likeness (QED) is 0.866. The maximum absolute atomic E-state index is 9.54. The number of nitrogens with zero attached hydrogens (tertiary/aromatic N) is 2. The van der Waals surface area contributed by atoms with Gasteiger partial charge in [-0.2, -0.15) is 5.26 Å². The van der Waals surface area contributed by atoms with Crippen LogP contribution < -0.4 is 15.2 Å². The molecule has 124 valence electrons. The molecule has 1 aromatic carbocycles. The molecule has 0 radical (unpaired) electrons. The average molecular weight is 365 g/mol. The fourth-order valence-electron chi connectivity index (χ4n) is 2.76. The van der Waals surface area contributed by atoms with Crippen molar-refractivity contribution >= 4 is 23.2 Å². The molecular weight excluding hydrogens is 351 g/mol. The Labute approximate surface area is 148 Å². The van der Waals surface area contributed by atoms with E-state index in [2.05, 4.69) is 16.3 Å². The topological polar surface area (TPSA) is 96.9 Å². The van der Waals surface area contributed by atoms with E-state index in [0.717, 1.165) is 11.3 Å². The van der Waals surface area contributed by atoms with Gasteiger partial charge in [-0.05, 0) is 31.5 Å². The number of rotatable bonds is 3. The van der Waals surface area contributed by atoms with Crippen molar-refractivity contribution in [3.8, 4) is 17.7 Å². The second-order valence-corrected chi connectivity index (χ2v) is 6.05. The summed E-state index contributed by atoms with van der Waals surface area (Å²) in [7, 11) is 0. The van der Waals surface area contributed by atoms with Crippen LogP contribution in [0.15, 0.2) is 23.6 Å². The summed E-state index contributed by atoms with van der Waals surface area (Å²) < 4.78 is 10.9. The van der Waals surface area contributed by atoms with E-state index in [1.165, 1.54) is 0 Å². The number of benzene rings is 1. The van der Waals surface area contributed by atoms with E-state index < -0.39 is 5.92 Å². The molecule has 8 heteroatoms. The minimum atomic E-state index is -0.469. The summed E-state index contributed by atoms with van der Waals surface area (Å²) in [6.45, 7) is 4.13. The minimum Gasteiger partial charge on any atom is -0.491 e. The molecule has 1 atom stereocenters. The van der Waals surface area contributed by atoms with Gasteiger partial charge in [-0.15, -0.1) is 5.10 Å². The summed E-state index contributed by atoms with van der Waals surface area (Å²) in [6.07, 6.45) is 0. The first-order valence-corrected chi connectivity index (χ1v) is 7.97. The molecule has 2 aromatic rings. The van der Waals surface area contributed by atoms with Crippen molar-refractivity contribution in [3.63, 3.8) is 0 Å². The number of aromatic nitrogens is 2. The van der Waals surface area contributed by atoms with Gasteiger partial charge in [0.05, 0.1) is 22.6 Å². The molecule has 3 rings (SSSR count). The normalized spacial score (nSPS) is 16.4. The molecule has 0 saturated carbocycles. The third-order valence-corrected chi connectivity index (χ3v) is 4.33. The molecule has 0 bridgehead atoms. The Hall–Kier alpha value is -2.36. The van der Waals surface area contributed by atoms with Crippen LogP contribution in [0.2, 0.25) is 10.0 Å². The zero-order valence-corrected chi connectivity index (χ0v) is 14.5. The number of aromatic amines is 1. The predicted molar refractivity (Wildman–Crippen MR) is 90.3 cm³/mol. The highest BCUT2D eigenvalue weighted by Gasteiger charge is 2.34. The first-order valence-electron chi connectivity index (χ1n) is 7.22. The summed E-state index contributed by atoms with van der Waals surface area (Å²) in [6, 6.07) is 5.54. The van der Waals surface area contributed by atoms with Crippen molar-refractivity contribution in [2.24, 2.45) is 5.73 Å². The van der Waals surface area contributed by atoms with Gasteiger partial charge >= 0.3 is 0 Å². The van der Waals surface area contributed by atoms with Gasteiger partial charge < -0.3 is 15.2 Å². The monoisotopic (exact) mass is 364 g/mol. The molecule has 1 aliphatic rings. The number of hydrogen-bond acceptors (Lipinski definition) is 5. The number of nitrogens with two attached hydrogens (primary N) is 1. The predicted octanol–water partition coefficient (Wildman–Crippen LogP) is 3.64. The minimum absolute atomic E-state index is 0.0163. The van der Waals surface area contributed by atoms with E-state index in [-0.39, 0.29) is 11.5 Å². The van der Waals surface area contributed by atoms with E-state index >= 15 is 0 Å². The lowest BCUT2D eigenvalue weighted by Crippen LogP contribution is -2.21. The van der Waals surface area contributed by atoms with Gasteiger partial charge in [0, 0.05) is 11.3 Å². The van der Waals surface area contributed by atoms with Crippen molar-refractivity contribution in [2.45, 2.75) is 19.8 Å². The lowest BCUT2D eigenvalue weighted by atomic mass is 9.84. The molecule has 0 fully saturated rings. The van der Waals surface area contributed by atoms with Crippen molar-refractivity contribution in [1.82, 2.24) is 10.2 Å². The smallest absolute Gasteiger partial charge is 0.244 e. The number of hydrogen-bond donors (Lipinski definition) is 2. The first-order chi connectivity index (χ1) is 11.5. The van der Waals surface area contributed by atoms with Gasteiger partial charge in [0.15, 0.2) is 5.75 Å². The zero-order valence-electron chi connectivity index (χ0n) is 13.0. The second kappa shape index (κ2) is 6.27. The number of aryl methyl sites for hydroxylation is 1. The first kappa shape index (κ1) is 16.5. The molecule has 6 nitrogen and oxygen atoms in total. The van der Waals surface area contributed by atoms with Crippen LogP contribution in [0.4, 0.5) is 0 Å². The number of nitrogens with one attached hydrogen (secondary N) is 1. The van der Waals surface area contributed by atoms with Crippen LogP contribution in [-0.4, -0.2) is 16.8 Å². The molecular formula is C16H14Cl2N4O2. The maximum atomic E-state index is 9.54. The highest BCUT2D eigenvalue weighted by atomic mass is 35.5. The van der Waals surface area contributed by atoms with Crippen LogP contribution >= 0.6 is 23.2 Å². The number of allylic oxidation sites excluding steroid dienone is 1. The zero-order chi connectivity index (χ0) is 17.4. The largest absolute Gasteiger partial charge is 0.491 e. The molecule has 1 aliphatic heterocycles. The number of ether oxygens (including phenoxy) is 2. The molecule has 0 saturated heterocycles. The van der Waals surface area contributed by atoms with Crippen molar-refractivity contribution < 1.29 is 9.47 Å². The standard InChI is InChI=1S/C16H14Cl2N4O2/c1-3-23-14-10(17)4-8(5-11(14)18)13-9(6-19)15(20)24-16-12(13)7(2)21-22-16/h4-5,13H,3,20H2,1-2H3,(H,21,22)/t13-/m1/s1. The van der Waals surface area contributed by atoms with Gasteiger partial charge in [0.2, 0.25) is 11.8 Å². The average Bonchev–Trinajstić information content (AvgIpc) is 2.90. The molecule has 24 heavy (non-hydrogen) atoms. The Morgan fingerprint density at radius 2 is 2.08 bits per heavy atom. The summed E-state index contributed by atoms with van der Waals surface area (Å²) in [5, 5.41) is 17.2. The Morgan fingerprint density at radius 3 is 2.67 bits per heavy atom. The molecule has 0 aliphatic carbocycles. The van der Waals surface area contributed by atoms with E-state index in [4.69, 9.17) is 38.4 Å². The van der Waals surface area contributed by atoms with Gasteiger partial charge in [-0.1, -0.05) is 23.2 Å². The second-order valence-electron chi connectivity index (χ2n) is 5.24. The van der Waals surface area contributed by atoms with Crippen molar-refractivity contribution in [2.75, 3.05) is 6.61 Å². The third kappa shape index (κ3) is 2.56. The van der Waals surface area contributed by atoms with E-state index in [1.807, 2.05) is 13.8 Å². The molecule has 3 N–H and O–H groups in total. The Bertz CT molecular complexity index is 860.